The molecule has 2 fully saturated rings. The van der Waals surface area contributed by atoms with Crippen molar-refractivity contribution in [1.82, 2.24) is 4.57 Å². The second kappa shape index (κ2) is 7.87. The number of carbonyl (C=O) groups excluding carboxylic acids is 1. The lowest BCUT2D eigenvalue weighted by Gasteiger charge is -2.25. The molecule has 0 spiro atoms. The molecule has 2 heterocycles. The zero-order valence-corrected chi connectivity index (χ0v) is 20.7. The molecule has 8 nitrogen and oxygen atoms in total. The summed E-state index contributed by atoms with van der Waals surface area (Å²) in [7, 11) is 0. The van der Waals surface area contributed by atoms with Crippen molar-refractivity contribution in [2.75, 3.05) is 18.5 Å². The van der Waals surface area contributed by atoms with Gasteiger partial charge in [0.25, 0.3) is 0 Å². The van der Waals surface area contributed by atoms with Crippen LogP contribution in [0.15, 0.2) is 36.4 Å². The van der Waals surface area contributed by atoms with Crippen molar-refractivity contribution < 1.29 is 42.8 Å². The van der Waals surface area contributed by atoms with Crippen LogP contribution in [-0.2, 0) is 15.6 Å². The molecule has 2 aliphatic carbocycles. The van der Waals surface area contributed by atoms with Crippen molar-refractivity contribution in [3.05, 3.63) is 53.5 Å². The first-order chi connectivity index (χ1) is 17.8. The SMILES string of the molecule is CC(C)(CO)c1cc2cc(NC(=O)C3(c4ccc5c(c4)OC(F)(F)O5)CC3)c(F)cc2n1C1CC1(O)CO. The summed E-state index contributed by atoms with van der Waals surface area (Å²) in [6.07, 6.45) is -2.59. The summed E-state index contributed by atoms with van der Waals surface area (Å²) in [5.74, 6) is -1.47. The number of nitrogens with one attached hydrogen (secondary N) is 1. The molecule has 1 amide bonds. The Hall–Kier alpha value is -3.28. The molecule has 11 heteroatoms. The number of fused-ring (bicyclic) bond motifs is 2. The van der Waals surface area contributed by atoms with Crippen LogP contribution in [-0.4, -0.2) is 50.9 Å². The molecule has 6 rings (SSSR count). The molecule has 202 valence electrons. The highest BCUT2D eigenvalue weighted by atomic mass is 19.3. The third-order valence-corrected chi connectivity index (χ3v) is 8.00. The zero-order valence-electron chi connectivity index (χ0n) is 20.7. The average molecular weight is 533 g/mol. The average Bonchev–Trinajstić information content (AvgIpc) is 3.73. The Morgan fingerprint density at radius 2 is 1.84 bits per heavy atom. The number of aliphatic hydroxyl groups excluding tert-OH is 2. The highest BCUT2D eigenvalue weighted by Gasteiger charge is 2.56. The highest BCUT2D eigenvalue weighted by Crippen LogP contribution is 2.53. The number of anilines is 1. The third kappa shape index (κ3) is 3.75. The molecule has 38 heavy (non-hydrogen) atoms. The van der Waals surface area contributed by atoms with Gasteiger partial charge in [-0.2, -0.15) is 0 Å². The predicted molar refractivity (Wildman–Crippen MR) is 130 cm³/mol. The first-order valence-corrected chi connectivity index (χ1v) is 12.3. The molecule has 1 aromatic heterocycles. The van der Waals surface area contributed by atoms with Crippen molar-refractivity contribution in [3.8, 4) is 11.5 Å². The fourth-order valence-corrected chi connectivity index (χ4v) is 5.32. The number of ether oxygens (including phenoxy) is 2. The standard InChI is InChI=1S/C27H27F3N2O6/c1-24(2,12-33)21-8-14-7-17(16(28)10-18(14)32(21)22-11-26(22,36)13-34)31-23(35)25(5-6-25)15-3-4-19-20(9-15)38-27(29,30)37-19/h3-4,7-10,22,33-34,36H,5-6,11-13H2,1-2H3,(H,31,35). The lowest BCUT2D eigenvalue weighted by molar-refractivity contribution is -0.286. The molecule has 2 saturated carbocycles. The number of benzene rings is 2. The van der Waals surface area contributed by atoms with Crippen LogP contribution in [0.3, 0.4) is 0 Å². The van der Waals surface area contributed by atoms with Gasteiger partial charge in [0.15, 0.2) is 11.5 Å². The van der Waals surface area contributed by atoms with Crippen molar-refractivity contribution in [2.45, 2.75) is 61.9 Å². The molecule has 3 aliphatic rings. The van der Waals surface area contributed by atoms with E-state index in [2.05, 4.69) is 14.8 Å². The number of rotatable bonds is 7. The van der Waals surface area contributed by atoms with E-state index in [0.717, 1.165) is 0 Å². The molecule has 4 N–H and O–H groups in total. The Balaban J connectivity index is 1.33. The molecule has 2 unspecified atom stereocenters. The Bertz CT molecular complexity index is 1480. The van der Waals surface area contributed by atoms with Crippen molar-refractivity contribution in [3.63, 3.8) is 0 Å². The second-order valence-electron chi connectivity index (χ2n) is 11.2. The van der Waals surface area contributed by atoms with Gasteiger partial charge < -0.3 is 34.7 Å². The van der Waals surface area contributed by atoms with Gasteiger partial charge in [0.05, 0.1) is 35.9 Å². The lowest BCUT2D eigenvalue weighted by Crippen LogP contribution is -2.28. The molecular weight excluding hydrogens is 505 g/mol. The summed E-state index contributed by atoms with van der Waals surface area (Å²) < 4.78 is 52.9. The van der Waals surface area contributed by atoms with Gasteiger partial charge in [-0.3, -0.25) is 4.79 Å². The van der Waals surface area contributed by atoms with Gasteiger partial charge in [-0.1, -0.05) is 19.9 Å². The number of alkyl halides is 2. The molecule has 0 saturated heterocycles. The normalized spacial score (nSPS) is 24.5. The summed E-state index contributed by atoms with van der Waals surface area (Å²) in [4.78, 5) is 13.3. The van der Waals surface area contributed by atoms with Crippen LogP contribution in [0.4, 0.5) is 18.9 Å². The van der Waals surface area contributed by atoms with Crippen LogP contribution < -0.4 is 14.8 Å². The summed E-state index contributed by atoms with van der Waals surface area (Å²) in [6.45, 7) is 2.97. The van der Waals surface area contributed by atoms with E-state index in [-0.39, 0.29) is 30.2 Å². The number of amides is 1. The topological polar surface area (TPSA) is 113 Å². The summed E-state index contributed by atoms with van der Waals surface area (Å²) in [5, 5.41) is 33.4. The lowest BCUT2D eigenvalue weighted by atomic mass is 9.90. The number of nitrogens with zero attached hydrogens (tertiary/aromatic N) is 1. The summed E-state index contributed by atoms with van der Waals surface area (Å²) >= 11 is 0. The van der Waals surface area contributed by atoms with Crippen molar-refractivity contribution in [2.24, 2.45) is 0 Å². The van der Waals surface area contributed by atoms with Gasteiger partial charge >= 0.3 is 6.29 Å². The maximum atomic E-state index is 15.4. The number of hydrogen-bond donors (Lipinski definition) is 4. The first kappa shape index (κ1) is 25.0. The second-order valence-corrected chi connectivity index (χ2v) is 11.2. The molecular formula is C27H27F3N2O6. The minimum Gasteiger partial charge on any atom is -0.395 e. The maximum absolute atomic E-state index is 15.4. The highest BCUT2D eigenvalue weighted by molar-refractivity contribution is 6.03. The van der Waals surface area contributed by atoms with E-state index >= 15 is 4.39 Å². The van der Waals surface area contributed by atoms with E-state index in [1.165, 1.54) is 30.3 Å². The minimum absolute atomic E-state index is 0.0558. The number of carbonyl (C=O) groups is 1. The van der Waals surface area contributed by atoms with Gasteiger partial charge in [-0.15, -0.1) is 8.78 Å². The molecule has 0 radical (unpaired) electrons. The summed E-state index contributed by atoms with van der Waals surface area (Å²) in [6, 6.07) is 8.25. The third-order valence-electron chi connectivity index (χ3n) is 8.00. The molecule has 2 atom stereocenters. The first-order valence-electron chi connectivity index (χ1n) is 12.3. The molecule has 2 aromatic carbocycles. The maximum Gasteiger partial charge on any atom is 0.586 e. The fraction of sp³-hybridized carbons (Fsp3) is 0.444. The van der Waals surface area contributed by atoms with E-state index in [9.17, 15) is 28.9 Å². The number of aromatic nitrogens is 1. The minimum atomic E-state index is -3.77. The van der Waals surface area contributed by atoms with Crippen LogP contribution >= 0.6 is 0 Å². The van der Waals surface area contributed by atoms with Crippen LogP contribution in [0, 0.1) is 5.82 Å². The number of hydrogen-bond acceptors (Lipinski definition) is 6. The number of aliphatic hydroxyl groups is 3. The van der Waals surface area contributed by atoms with Crippen LogP contribution in [0.1, 0.15) is 50.4 Å². The van der Waals surface area contributed by atoms with Gasteiger partial charge in [0, 0.05) is 29.0 Å². The van der Waals surface area contributed by atoms with Crippen LogP contribution in [0.25, 0.3) is 10.9 Å². The van der Waals surface area contributed by atoms with Gasteiger partial charge in [0.2, 0.25) is 5.91 Å². The number of halogens is 3. The Kier molecular flexibility index (Phi) is 5.18. The summed E-state index contributed by atoms with van der Waals surface area (Å²) in [5.41, 5.74) is -1.55. The molecule has 1 aliphatic heterocycles. The Labute approximate surface area is 215 Å². The van der Waals surface area contributed by atoms with E-state index in [1.807, 2.05) is 13.8 Å². The molecule has 3 aromatic rings. The largest absolute Gasteiger partial charge is 0.586 e. The van der Waals surface area contributed by atoms with Crippen LogP contribution in [0.5, 0.6) is 11.5 Å². The van der Waals surface area contributed by atoms with Gasteiger partial charge in [0.1, 0.15) is 11.4 Å². The van der Waals surface area contributed by atoms with E-state index in [1.54, 1.807) is 10.6 Å². The van der Waals surface area contributed by atoms with E-state index in [0.29, 0.717) is 35.0 Å². The zero-order chi connectivity index (χ0) is 27.3. The van der Waals surface area contributed by atoms with Gasteiger partial charge in [-0.25, -0.2) is 4.39 Å². The monoisotopic (exact) mass is 532 g/mol. The quantitative estimate of drug-likeness (QED) is 0.369. The Morgan fingerprint density at radius 3 is 2.47 bits per heavy atom. The smallest absolute Gasteiger partial charge is 0.395 e. The van der Waals surface area contributed by atoms with E-state index in [4.69, 9.17) is 0 Å². The van der Waals surface area contributed by atoms with Crippen molar-refractivity contribution >= 4 is 22.5 Å². The predicted octanol–water partition coefficient (Wildman–Crippen LogP) is 3.71. The Morgan fingerprint density at radius 1 is 1.13 bits per heavy atom. The molecule has 0 bridgehead atoms. The van der Waals surface area contributed by atoms with Crippen molar-refractivity contribution in [1.29, 1.82) is 0 Å². The van der Waals surface area contributed by atoms with Gasteiger partial charge in [-0.05, 0) is 42.7 Å². The fourth-order valence-electron chi connectivity index (χ4n) is 5.32. The van der Waals surface area contributed by atoms with Crippen LogP contribution in [0.2, 0.25) is 0 Å². The van der Waals surface area contributed by atoms with E-state index < -0.39 is 47.1 Å².